The maximum Gasteiger partial charge on any atom is 0.265 e. The van der Waals surface area contributed by atoms with Crippen molar-refractivity contribution in [3.63, 3.8) is 0 Å². The van der Waals surface area contributed by atoms with Crippen molar-refractivity contribution in [3.05, 3.63) is 70.5 Å². The Morgan fingerprint density at radius 1 is 1.04 bits per heavy atom. The number of aromatic nitrogens is 1. The highest BCUT2D eigenvalue weighted by molar-refractivity contribution is 7.12. The molecule has 0 radical (unpaired) electrons. The van der Waals surface area contributed by atoms with Gasteiger partial charge in [-0.1, -0.05) is 32.0 Å². The molecule has 2 heterocycles. The summed E-state index contributed by atoms with van der Waals surface area (Å²) in [4.78, 5) is 17.0. The zero-order chi connectivity index (χ0) is 16.9. The van der Waals surface area contributed by atoms with Gasteiger partial charge in [0.25, 0.3) is 5.91 Å². The predicted octanol–water partition coefficient (Wildman–Crippen LogP) is 5.26. The summed E-state index contributed by atoms with van der Waals surface area (Å²) in [5.41, 5.74) is 2.97. The Balaban J connectivity index is 1.63. The van der Waals surface area contributed by atoms with Gasteiger partial charge in [0.15, 0.2) is 0 Å². The molecule has 0 aliphatic carbocycles. The van der Waals surface area contributed by atoms with Crippen molar-refractivity contribution < 1.29 is 4.79 Å². The molecule has 1 amide bonds. The second kappa shape index (κ2) is 7.27. The molecule has 0 aliphatic rings. The van der Waals surface area contributed by atoms with Crippen LogP contribution in [0.25, 0.3) is 0 Å². The van der Waals surface area contributed by atoms with Crippen LogP contribution in [0.4, 0.5) is 17.2 Å². The van der Waals surface area contributed by atoms with Crippen LogP contribution in [0, 0.1) is 0 Å². The van der Waals surface area contributed by atoms with Crippen LogP contribution in [0.1, 0.15) is 35.0 Å². The second-order valence-electron chi connectivity index (χ2n) is 5.77. The summed E-state index contributed by atoms with van der Waals surface area (Å²) in [5.74, 6) is 1.14. The highest BCUT2D eigenvalue weighted by Crippen LogP contribution is 2.20. The molecule has 2 N–H and O–H groups in total. The molecule has 0 spiro atoms. The molecule has 0 bridgehead atoms. The number of carbonyl (C=O) groups excluding carboxylic acids is 1. The van der Waals surface area contributed by atoms with E-state index >= 15 is 0 Å². The molecular weight excluding hydrogens is 318 g/mol. The fourth-order valence-corrected chi connectivity index (χ4v) is 2.86. The monoisotopic (exact) mass is 337 g/mol. The Kier molecular flexibility index (Phi) is 4.91. The van der Waals surface area contributed by atoms with E-state index in [-0.39, 0.29) is 5.91 Å². The number of amides is 1. The van der Waals surface area contributed by atoms with E-state index in [1.54, 1.807) is 12.3 Å². The first kappa shape index (κ1) is 16.2. The van der Waals surface area contributed by atoms with Gasteiger partial charge in [-0.05, 0) is 47.2 Å². The minimum absolute atomic E-state index is 0.114. The zero-order valence-corrected chi connectivity index (χ0v) is 14.4. The SMILES string of the molecule is CC(C)c1ccc(Nc2ccc(NC(=O)c3cccs3)cn2)cc1. The van der Waals surface area contributed by atoms with E-state index in [2.05, 4.69) is 41.6 Å². The van der Waals surface area contributed by atoms with Gasteiger partial charge < -0.3 is 10.6 Å². The van der Waals surface area contributed by atoms with Crippen LogP contribution in [-0.4, -0.2) is 10.9 Å². The Labute approximate surface area is 145 Å². The van der Waals surface area contributed by atoms with Crippen LogP contribution in [0.15, 0.2) is 60.1 Å². The fraction of sp³-hybridized carbons (Fsp3) is 0.158. The highest BCUT2D eigenvalue weighted by atomic mass is 32.1. The number of carbonyl (C=O) groups is 1. The van der Waals surface area contributed by atoms with E-state index in [0.29, 0.717) is 16.5 Å². The van der Waals surface area contributed by atoms with Crippen molar-refractivity contribution in [1.29, 1.82) is 0 Å². The fourth-order valence-electron chi connectivity index (χ4n) is 2.24. The highest BCUT2D eigenvalue weighted by Gasteiger charge is 2.07. The molecule has 0 saturated heterocycles. The van der Waals surface area contributed by atoms with Gasteiger partial charge in [-0.15, -0.1) is 11.3 Å². The summed E-state index contributed by atoms with van der Waals surface area (Å²) in [6.07, 6.45) is 1.65. The topological polar surface area (TPSA) is 54.0 Å². The van der Waals surface area contributed by atoms with Crippen molar-refractivity contribution in [2.75, 3.05) is 10.6 Å². The van der Waals surface area contributed by atoms with Gasteiger partial charge in [-0.3, -0.25) is 4.79 Å². The number of pyridine rings is 1. The van der Waals surface area contributed by atoms with Crippen LogP contribution < -0.4 is 10.6 Å². The number of hydrogen-bond donors (Lipinski definition) is 2. The number of thiophene rings is 1. The number of hydrogen-bond acceptors (Lipinski definition) is 4. The molecule has 0 fully saturated rings. The smallest absolute Gasteiger partial charge is 0.265 e. The molecule has 0 saturated carbocycles. The standard InChI is InChI=1S/C19H19N3OS/c1-13(2)14-5-7-15(8-6-14)21-18-10-9-16(12-20-18)22-19(23)17-4-3-11-24-17/h3-13H,1-2H3,(H,20,21)(H,22,23). The van der Waals surface area contributed by atoms with Crippen molar-refractivity contribution in [1.82, 2.24) is 4.98 Å². The molecule has 4 nitrogen and oxygen atoms in total. The van der Waals surface area contributed by atoms with Crippen LogP contribution in [0.5, 0.6) is 0 Å². The molecule has 2 aromatic heterocycles. The normalized spacial score (nSPS) is 10.6. The molecule has 3 aromatic rings. The summed E-state index contributed by atoms with van der Waals surface area (Å²) >= 11 is 1.41. The largest absolute Gasteiger partial charge is 0.340 e. The van der Waals surface area contributed by atoms with E-state index in [1.807, 2.05) is 35.7 Å². The van der Waals surface area contributed by atoms with E-state index in [9.17, 15) is 4.79 Å². The van der Waals surface area contributed by atoms with E-state index < -0.39 is 0 Å². The molecule has 0 aliphatic heterocycles. The van der Waals surface area contributed by atoms with Crippen molar-refractivity contribution in [2.45, 2.75) is 19.8 Å². The number of nitrogens with zero attached hydrogens (tertiary/aromatic N) is 1. The first-order valence-corrected chi connectivity index (χ1v) is 8.67. The summed E-state index contributed by atoms with van der Waals surface area (Å²) < 4.78 is 0. The first-order chi connectivity index (χ1) is 11.6. The van der Waals surface area contributed by atoms with Gasteiger partial charge in [-0.25, -0.2) is 4.98 Å². The Bertz CT molecular complexity index is 794. The Morgan fingerprint density at radius 2 is 1.79 bits per heavy atom. The molecule has 24 heavy (non-hydrogen) atoms. The third-order valence-corrected chi connectivity index (χ3v) is 4.48. The van der Waals surface area contributed by atoms with E-state index in [1.165, 1.54) is 16.9 Å². The molecular formula is C19H19N3OS. The summed E-state index contributed by atoms with van der Waals surface area (Å²) in [5, 5.41) is 7.97. The molecule has 3 rings (SSSR count). The second-order valence-corrected chi connectivity index (χ2v) is 6.71. The lowest BCUT2D eigenvalue weighted by atomic mass is 10.0. The van der Waals surface area contributed by atoms with Gasteiger partial charge in [0, 0.05) is 5.69 Å². The first-order valence-electron chi connectivity index (χ1n) is 7.80. The molecule has 5 heteroatoms. The lowest BCUT2D eigenvalue weighted by Gasteiger charge is -2.09. The number of nitrogens with one attached hydrogen (secondary N) is 2. The lowest BCUT2D eigenvalue weighted by Crippen LogP contribution is -2.10. The lowest BCUT2D eigenvalue weighted by molar-refractivity contribution is 0.103. The van der Waals surface area contributed by atoms with Gasteiger partial charge in [0.2, 0.25) is 0 Å². The zero-order valence-electron chi connectivity index (χ0n) is 13.6. The van der Waals surface area contributed by atoms with Crippen LogP contribution >= 0.6 is 11.3 Å². The minimum atomic E-state index is -0.114. The van der Waals surface area contributed by atoms with Crippen molar-refractivity contribution >= 4 is 34.4 Å². The van der Waals surface area contributed by atoms with Crippen LogP contribution in [0.2, 0.25) is 0 Å². The number of rotatable bonds is 5. The summed E-state index contributed by atoms with van der Waals surface area (Å²) in [6, 6.07) is 15.7. The maximum atomic E-state index is 12.0. The Hall–Kier alpha value is -2.66. The predicted molar refractivity (Wildman–Crippen MR) is 100 cm³/mol. The van der Waals surface area contributed by atoms with Crippen LogP contribution in [-0.2, 0) is 0 Å². The summed E-state index contributed by atoms with van der Waals surface area (Å²) in [6.45, 7) is 4.35. The molecule has 0 atom stereocenters. The van der Waals surface area contributed by atoms with Crippen LogP contribution in [0.3, 0.4) is 0 Å². The van der Waals surface area contributed by atoms with Crippen molar-refractivity contribution in [3.8, 4) is 0 Å². The Morgan fingerprint density at radius 3 is 2.38 bits per heavy atom. The third-order valence-electron chi connectivity index (χ3n) is 3.62. The number of anilines is 3. The average Bonchev–Trinajstić information content (AvgIpc) is 3.12. The van der Waals surface area contributed by atoms with Gasteiger partial charge in [0.1, 0.15) is 5.82 Å². The maximum absolute atomic E-state index is 12.0. The summed E-state index contributed by atoms with van der Waals surface area (Å²) in [7, 11) is 0. The average molecular weight is 337 g/mol. The van der Waals surface area contributed by atoms with E-state index in [0.717, 1.165) is 11.5 Å². The van der Waals surface area contributed by atoms with Crippen molar-refractivity contribution in [2.24, 2.45) is 0 Å². The quantitative estimate of drug-likeness (QED) is 0.667. The molecule has 1 aromatic carbocycles. The number of benzene rings is 1. The van der Waals surface area contributed by atoms with E-state index in [4.69, 9.17) is 0 Å². The van der Waals surface area contributed by atoms with Gasteiger partial charge in [0.05, 0.1) is 16.8 Å². The van der Waals surface area contributed by atoms with Gasteiger partial charge in [-0.2, -0.15) is 0 Å². The minimum Gasteiger partial charge on any atom is -0.340 e. The third kappa shape index (κ3) is 4.00. The molecule has 0 unspecified atom stereocenters. The van der Waals surface area contributed by atoms with Gasteiger partial charge >= 0.3 is 0 Å². The molecule has 122 valence electrons.